The maximum absolute atomic E-state index is 12.7. The van der Waals surface area contributed by atoms with Gasteiger partial charge in [0.2, 0.25) is 0 Å². The monoisotopic (exact) mass is 415 g/mol. The number of halogens is 3. The topological polar surface area (TPSA) is 72.7 Å². The highest BCUT2D eigenvalue weighted by Crippen LogP contribution is 2.31. The van der Waals surface area contributed by atoms with Crippen LogP contribution in [0.15, 0.2) is 59.8 Å². The van der Waals surface area contributed by atoms with Gasteiger partial charge in [-0.25, -0.2) is 9.67 Å². The van der Waals surface area contributed by atoms with Gasteiger partial charge in [0.15, 0.2) is 0 Å². The summed E-state index contributed by atoms with van der Waals surface area (Å²) >= 11 is 0. The molecule has 3 heterocycles. The van der Waals surface area contributed by atoms with Crippen LogP contribution in [0.3, 0.4) is 0 Å². The second-order valence-corrected chi connectivity index (χ2v) is 7.32. The highest BCUT2D eigenvalue weighted by atomic mass is 19.4. The molecule has 1 saturated carbocycles. The van der Waals surface area contributed by atoms with Gasteiger partial charge in [-0.1, -0.05) is 0 Å². The van der Waals surface area contributed by atoms with Crippen molar-refractivity contribution in [1.29, 1.82) is 0 Å². The molecular formula is C21H20F3N5O. The van der Waals surface area contributed by atoms with Crippen LogP contribution in [-0.2, 0) is 6.18 Å². The van der Waals surface area contributed by atoms with Gasteiger partial charge in [0, 0.05) is 36.3 Å². The highest BCUT2D eigenvalue weighted by molar-refractivity contribution is 5.56. The Morgan fingerprint density at radius 2 is 1.80 bits per heavy atom. The summed E-state index contributed by atoms with van der Waals surface area (Å²) in [6, 6.07) is 9.36. The van der Waals surface area contributed by atoms with Crippen molar-refractivity contribution in [1.82, 2.24) is 19.7 Å². The molecule has 6 nitrogen and oxygen atoms in total. The first kappa shape index (κ1) is 20.1. The van der Waals surface area contributed by atoms with Crippen LogP contribution >= 0.6 is 0 Å². The third-order valence-corrected chi connectivity index (χ3v) is 5.27. The van der Waals surface area contributed by atoms with Crippen molar-refractivity contribution in [3.8, 4) is 11.3 Å². The molecule has 0 saturated heterocycles. The molecule has 0 amide bonds. The van der Waals surface area contributed by atoms with E-state index in [1.54, 1.807) is 18.5 Å². The number of hydrogen-bond donors (Lipinski definition) is 1. The van der Waals surface area contributed by atoms with Gasteiger partial charge in [-0.3, -0.25) is 9.78 Å². The lowest BCUT2D eigenvalue weighted by molar-refractivity contribution is -0.137. The van der Waals surface area contributed by atoms with Gasteiger partial charge in [-0.05, 0) is 56.0 Å². The van der Waals surface area contributed by atoms with Crippen LogP contribution in [0.25, 0.3) is 11.3 Å². The number of nitrogens with one attached hydrogen (secondary N) is 1. The molecule has 0 atom stereocenters. The summed E-state index contributed by atoms with van der Waals surface area (Å²) in [7, 11) is 0. The largest absolute Gasteiger partial charge is 0.417 e. The molecule has 1 N–H and O–H groups in total. The lowest BCUT2D eigenvalue weighted by Crippen LogP contribution is -2.33. The molecule has 0 spiro atoms. The molecule has 0 aliphatic heterocycles. The summed E-state index contributed by atoms with van der Waals surface area (Å²) in [5, 5.41) is 7.72. The Kier molecular flexibility index (Phi) is 5.52. The number of aromatic nitrogens is 4. The third-order valence-electron chi connectivity index (χ3n) is 5.27. The van der Waals surface area contributed by atoms with Crippen molar-refractivity contribution < 1.29 is 13.2 Å². The van der Waals surface area contributed by atoms with Crippen LogP contribution < -0.4 is 10.9 Å². The van der Waals surface area contributed by atoms with Crippen LogP contribution in [0.2, 0.25) is 0 Å². The summed E-state index contributed by atoms with van der Waals surface area (Å²) in [4.78, 5) is 20.3. The van der Waals surface area contributed by atoms with E-state index in [9.17, 15) is 18.0 Å². The second kappa shape index (κ2) is 8.25. The van der Waals surface area contributed by atoms with E-state index in [1.165, 1.54) is 16.8 Å². The van der Waals surface area contributed by atoms with Gasteiger partial charge < -0.3 is 5.32 Å². The summed E-state index contributed by atoms with van der Waals surface area (Å²) in [5.74, 6) is 0.417. The van der Waals surface area contributed by atoms with Crippen molar-refractivity contribution in [3.63, 3.8) is 0 Å². The van der Waals surface area contributed by atoms with Gasteiger partial charge in [-0.2, -0.15) is 18.3 Å². The molecule has 9 heteroatoms. The summed E-state index contributed by atoms with van der Waals surface area (Å²) in [5.41, 5.74) is 0.617. The van der Waals surface area contributed by atoms with Gasteiger partial charge in [0.1, 0.15) is 5.82 Å². The van der Waals surface area contributed by atoms with Crippen molar-refractivity contribution in [2.75, 3.05) is 5.32 Å². The first-order valence-electron chi connectivity index (χ1n) is 9.70. The summed E-state index contributed by atoms with van der Waals surface area (Å²) in [6.45, 7) is 0. The third kappa shape index (κ3) is 4.50. The average molecular weight is 415 g/mol. The van der Waals surface area contributed by atoms with E-state index < -0.39 is 11.7 Å². The normalized spacial score (nSPS) is 19.4. The van der Waals surface area contributed by atoms with E-state index in [0.29, 0.717) is 11.5 Å². The van der Waals surface area contributed by atoms with Crippen LogP contribution in [0.1, 0.15) is 37.3 Å². The van der Waals surface area contributed by atoms with Gasteiger partial charge in [0.05, 0.1) is 17.3 Å². The number of nitrogens with zero attached hydrogens (tertiary/aromatic N) is 4. The summed E-state index contributed by atoms with van der Waals surface area (Å²) in [6.07, 6.45) is 2.82. The number of hydrogen-bond acceptors (Lipinski definition) is 5. The SMILES string of the molecule is O=c1ccc(-c2cccnc2)nn1C1CCC(Nc2ccc(C(F)(F)F)cn2)CC1. The Balaban J connectivity index is 1.41. The van der Waals surface area contributed by atoms with Crippen molar-refractivity contribution in [2.24, 2.45) is 0 Å². The number of anilines is 1. The van der Waals surface area contributed by atoms with E-state index in [1.807, 2.05) is 12.1 Å². The molecule has 4 rings (SSSR count). The lowest BCUT2D eigenvalue weighted by atomic mass is 9.91. The van der Waals surface area contributed by atoms with Crippen LogP contribution in [0.5, 0.6) is 0 Å². The predicted octanol–water partition coefficient (Wildman–Crippen LogP) is 4.31. The van der Waals surface area contributed by atoms with Gasteiger partial charge >= 0.3 is 6.18 Å². The van der Waals surface area contributed by atoms with Crippen molar-refractivity contribution in [2.45, 2.75) is 43.9 Å². The number of pyridine rings is 2. The van der Waals surface area contributed by atoms with Crippen LogP contribution in [-0.4, -0.2) is 25.8 Å². The fraction of sp³-hybridized carbons (Fsp3) is 0.333. The molecule has 0 aromatic carbocycles. The smallest absolute Gasteiger partial charge is 0.367 e. The molecule has 0 radical (unpaired) electrons. The molecule has 30 heavy (non-hydrogen) atoms. The molecule has 3 aromatic rings. The standard InChI is InChI=1S/C21H20F3N5O/c22-21(23,24)15-3-9-19(26-13-15)27-16-4-6-17(7-5-16)29-20(30)10-8-18(28-29)14-2-1-11-25-12-14/h1-3,8-13,16-17H,4-7H2,(H,26,27). The molecule has 1 fully saturated rings. The Bertz CT molecular complexity index is 1040. The maximum atomic E-state index is 12.7. The quantitative estimate of drug-likeness (QED) is 0.687. The Morgan fingerprint density at radius 1 is 1.00 bits per heavy atom. The fourth-order valence-corrected chi connectivity index (χ4v) is 3.68. The minimum absolute atomic E-state index is 0.0206. The molecule has 1 aliphatic carbocycles. The Labute approximate surface area is 170 Å². The first-order valence-corrected chi connectivity index (χ1v) is 9.70. The van der Waals surface area contributed by atoms with Crippen molar-refractivity contribution in [3.05, 3.63) is 70.9 Å². The zero-order chi connectivity index (χ0) is 21.1. The number of alkyl halides is 3. The highest BCUT2D eigenvalue weighted by Gasteiger charge is 2.31. The first-order chi connectivity index (χ1) is 14.4. The van der Waals surface area contributed by atoms with Gasteiger partial charge in [0.25, 0.3) is 5.56 Å². The predicted molar refractivity (Wildman–Crippen MR) is 106 cm³/mol. The average Bonchev–Trinajstić information content (AvgIpc) is 2.75. The molecule has 0 unspecified atom stereocenters. The Hall–Kier alpha value is -3.23. The van der Waals surface area contributed by atoms with Crippen LogP contribution in [0, 0.1) is 0 Å². The van der Waals surface area contributed by atoms with E-state index in [4.69, 9.17) is 0 Å². The minimum atomic E-state index is -4.39. The zero-order valence-electron chi connectivity index (χ0n) is 16.0. The molecule has 3 aromatic heterocycles. The van der Waals surface area contributed by atoms with E-state index >= 15 is 0 Å². The van der Waals surface area contributed by atoms with E-state index in [2.05, 4.69) is 20.4 Å². The Morgan fingerprint density at radius 3 is 2.43 bits per heavy atom. The minimum Gasteiger partial charge on any atom is -0.367 e. The number of rotatable bonds is 4. The van der Waals surface area contributed by atoms with E-state index in [0.717, 1.165) is 43.5 Å². The van der Waals surface area contributed by atoms with Crippen LogP contribution in [0.4, 0.5) is 19.0 Å². The summed E-state index contributed by atoms with van der Waals surface area (Å²) < 4.78 is 39.5. The van der Waals surface area contributed by atoms with Crippen molar-refractivity contribution >= 4 is 5.82 Å². The maximum Gasteiger partial charge on any atom is 0.417 e. The lowest BCUT2D eigenvalue weighted by Gasteiger charge is -2.30. The molecule has 0 bridgehead atoms. The molecule has 156 valence electrons. The molecule has 1 aliphatic rings. The second-order valence-electron chi connectivity index (χ2n) is 7.32. The van der Waals surface area contributed by atoms with E-state index in [-0.39, 0.29) is 17.6 Å². The fourth-order valence-electron chi connectivity index (χ4n) is 3.68. The zero-order valence-corrected chi connectivity index (χ0v) is 16.0. The van der Waals surface area contributed by atoms with Gasteiger partial charge in [-0.15, -0.1) is 0 Å². The molecular weight excluding hydrogens is 395 g/mol.